The number of nitrogens with one attached hydrogen (secondary N) is 1. The van der Waals surface area contributed by atoms with Gasteiger partial charge in [0.15, 0.2) is 0 Å². The summed E-state index contributed by atoms with van der Waals surface area (Å²) in [5.74, 6) is 0. The number of pyridine rings is 1. The molecule has 1 aliphatic rings. The maximum Gasteiger partial charge on any atom is 0.0377 e. The van der Waals surface area contributed by atoms with Gasteiger partial charge < -0.3 is 5.32 Å². The molecule has 0 amide bonds. The highest BCUT2D eigenvalue weighted by atomic mass is 14.9. The number of rotatable bonds is 3. The van der Waals surface area contributed by atoms with Crippen molar-refractivity contribution >= 4 is 0 Å². The molecule has 2 aromatic rings. The Labute approximate surface area is 121 Å². The minimum absolute atomic E-state index is 0.293. The van der Waals surface area contributed by atoms with Gasteiger partial charge in [-0.15, -0.1) is 0 Å². The molecule has 0 spiro atoms. The van der Waals surface area contributed by atoms with Crippen LogP contribution in [0, 0.1) is 5.41 Å². The van der Waals surface area contributed by atoms with Crippen molar-refractivity contribution in [2.24, 2.45) is 5.41 Å². The van der Waals surface area contributed by atoms with Crippen LogP contribution in [-0.2, 0) is 13.0 Å². The van der Waals surface area contributed by atoms with Crippen molar-refractivity contribution in [1.29, 1.82) is 0 Å². The van der Waals surface area contributed by atoms with Crippen LogP contribution in [0.2, 0.25) is 0 Å². The maximum atomic E-state index is 4.08. The lowest BCUT2D eigenvalue weighted by Gasteiger charge is -2.40. The summed E-state index contributed by atoms with van der Waals surface area (Å²) in [5.41, 5.74) is 4.55. The van der Waals surface area contributed by atoms with Crippen molar-refractivity contribution in [2.45, 2.75) is 39.3 Å². The van der Waals surface area contributed by atoms with E-state index in [2.05, 4.69) is 60.5 Å². The molecule has 2 heteroatoms. The van der Waals surface area contributed by atoms with Crippen molar-refractivity contribution in [1.82, 2.24) is 10.3 Å². The van der Waals surface area contributed by atoms with Gasteiger partial charge in [-0.2, -0.15) is 0 Å². The van der Waals surface area contributed by atoms with E-state index < -0.39 is 0 Å². The number of fused-ring (bicyclic) bond motifs is 1. The molecule has 0 saturated heterocycles. The van der Waals surface area contributed by atoms with Crippen LogP contribution in [0.5, 0.6) is 0 Å². The third-order valence-electron chi connectivity index (χ3n) is 4.45. The Kier molecular flexibility index (Phi) is 3.58. The first-order valence-corrected chi connectivity index (χ1v) is 7.37. The van der Waals surface area contributed by atoms with Crippen LogP contribution in [-0.4, -0.2) is 4.98 Å². The van der Waals surface area contributed by atoms with Gasteiger partial charge >= 0.3 is 0 Å². The van der Waals surface area contributed by atoms with E-state index in [1.165, 1.54) is 29.5 Å². The second-order valence-electron chi connectivity index (χ2n) is 6.36. The first-order valence-electron chi connectivity index (χ1n) is 7.37. The molecule has 0 radical (unpaired) electrons. The summed E-state index contributed by atoms with van der Waals surface area (Å²) in [5, 5.41) is 3.76. The number of nitrogens with zero attached hydrogens (tertiary/aromatic N) is 1. The Morgan fingerprint density at radius 1 is 1.15 bits per heavy atom. The van der Waals surface area contributed by atoms with E-state index in [-0.39, 0.29) is 0 Å². The first kappa shape index (κ1) is 13.3. The van der Waals surface area contributed by atoms with Gasteiger partial charge in [0.25, 0.3) is 0 Å². The molecular formula is C18H22N2. The SMILES string of the molecule is CC1(C)CCc2ccccc2C1NCc1ccncc1. The average Bonchev–Trinajstić information content (AvgIpc) is 2.47. The monoisotopic (exact) mass is 266 g/mol. The molecule has 1 atom stereocenters. The predicted molar refractivity (Wildman–Crippen MR) is 82.4 cm³/mol. The summed E-state index contributed by atoms with van der Waals surface area (Å²) >= 11 is 0. The van der Waals surface area contributed by atoms with E-state index in [0.717, 1.165) is 6.54 Å². The van der Waals surface area contributed by atoms with Crippen LogP contribution >= 0.6 is 0 Å². The molecular weight excluding hydrogens is 244 g/mol. The Morgan fingerprint density at radius 3 is 2.70 bits per heavy atom. The lowest BCUT2D eigenvalue weighted by Crippen LogP contribution is -2.37. The van der Waals surface area contributed by atoms with Gasteiger partial charge in [0.2, 0.25) is 0 Å². The summed E-state index contributed by atoms with van der Waals surface area (Å²) in [6, 6.07) is 13.4. The standard InChI is InChI=1S/C18H22N2/c1-18(2)10-7-15-5-3-4-6-16(15)17(18)20-13-14-8-11-19-12-9-14/h3-6,8-9,11-12,17,20H,7,10,13H2,1-2H3. The third-order valence-corrected chi connectivity index (χ3v) is 4.45. The van der Waals surface area contributed by atoms with E-state index in [1.54, 1.807) is 0 Å². The van der Waals surface area contributed by atoms with Gasteiger partial charge in [-0.05, 0) is 47.1 Å². The van der Waals surface area contributed by atoms with Gasteiger partial charge in [0.05, 0.1) is 0 Å². The molecule has 1 N–H and O–H groups in total. The second kappa shape index (κ2) is 5.37. The molecule has 0 bridgehead atoms. The summed E-state index contributed by atoms with van der Waals surface area (Å²) in [6.07, 6.45) is 6.14. The number of hydrogen-bond acceptors (Lipinski definition) is 2. The van der Waals surface area contributed by atoms with Crippen molar-refractivity contribution < 1.29 is 0 Å². The Morgan fingerprint density at radius 2 is 1.90 bits per heavy atom. The molecule has 104 valence electrons. The molecule has 1 aromatic heterocycles. The first-order chi connectivity index (χ1) is 9.67. The van der Waals surface area contributed by atoms with Crippen LogP contribution in [0.4, 0.5) is 0 Å². The highest BCUT2D eigenvalue weighted by Crippen LogP contribution is 2.43. The molecule has 0 saturated carbocycles. The minimum Gasteiger partial charge on any atom is -0.305 e. The van der Waals surface area contributed by atoms with Crippen molar-refractivity contribution in [2.75, 3.05) is 0 Å². The van der Waals surface area contributed by atoms with Crippen LogP contribution in [0.15, 0.2) is 48.8 Å². The highest BCUT2D eigenvalue weighted by Gasteiger charge is 2.35. The molecule has 2 nitrogen and oxygen atoms in total. The van der Waals surface area contributed by atoms with E-state index in [1.807, 2.05) is 12.4 Å². The molecule has 1 heterocycles. The maximum absolute atomic E-state index is 4.08. The molecule has 3 rings (SSSR count). The number of aromatic nitrogens is 1. The fourth-order valence-electron chi connectivity index (χ4n) is 3.17. The summed E-state index contributed by atoms with van der Waals surface area (Å²) in [4.78, 5) is 4.08. The molecule has 1 aliphatic carbocycles. The topological polar surface area (TPSA) is 24.9 Å². The fraction of sp³-hybridized carbons (Fsp3) is 0.389. The van der Waals surface area contributed by atoms with E-state index in [9.17, 15) is 0 Å². The van der Waals surface area contributed by atoms with E-state index in [0.29, 0.717) is 11.5 Å². The largest absolute Gasteiger partial charge is 0.305 e. The van der Waals surface area contributed by atoms with Gasteiger partial charge in [-0.1, -0.05) is 38.1 Å². The van der Waals surface area contributed by atoms with Crippen LogP contribution in [0.3, 0.4) is 0 Å². The summed E-state index contributed by atoms with van der Waals surface area (Å²) in [7, 11) is 0. The quantitative estimate of drug-likeness (QED) is 0.911. The smallest absolute Gasteiger partial charge is 0.0377 e. The lowest BCUT2D eigenvalue weighted by atomic mass is 9.70. The van der Waals surface area contributed by atoms with Crippen LogP contribution < -0.4 is 5.32 Å². The minimum atomic E-state index is 0.293. The predicted octanol–water partition coefficient (Wildman–Crippen LogP) is 3.88. The average molecular weight is 266 g/mol. The van der Waals surface area contributed by atoms with Gasteiger partial charge in [-0.3, -0.25) is 4.98 Å². The zero-order valence-corrected chi connectivity index (χ0v) is 12.3. The highest BCUT2D eigenvalue weighted by molar-refractivity contribution is 5.34. The van der Waals surface area contributed by atoms with E-state index in [4.69, 9.17) is 0 Å². The zero-order chi connectivity index (χ0) is 14.0. The zero-order valence-electron chi connectivity index (χ0n) is 12.3. The van der Waals surface area contributed by atoms with Crippen molar-refractivity contribution in [3.05, 3.63) is 65.5 Å². The molecule has 0 aliphatic heterocycles. The molecule has 1 unspecified atom stereocenters. The molecule has 20 heavy (non-hydrogen) atoms. The summed E-state index contributed by atoms with van der Waals surface area (Å²) in [6.45, 7) is 5.63. The number of aryl methyl sites for hydroxylation is 1. The second-order valence-corrected chi connectivity index (χ2v) is 6.36. The Bertz CT molecular complexity index is 575. The van der Waals surface area contributed by atoms with E-state index >= 15 is 0 Å². The van der Waals surface area contributed by atoms with Crippen LogP contribution in [0.1, 0.15) is 43.0 Å². The van der Waals surface area contributed by atoms with Gasteiger partial charge in [0.1, 0.15) is 0 Å². The number of benzene rings is 1. The molecule has 0 fully saturated rings. The van der Waals surface area contributed by atoms with Crippen molar-refractivity contribution in [3.8, 4) is 0 Å². The Balaban J connectivity index is 1.83. The van der Waals surface area contributed by atoms with Crippen LogP contribution in [0.25, 0.3) is 0 Å². The Hall–Kier alpha value is -1.67. The molecule has 1 aromatic carbocycles. The van der Waals surface area contributed by atoms with Gasteiger partial charge in [0, 0.05) is 25.0 Å². The van der Waals surface area contributed by atoms with Crippen molar-refractivity contribution in [3.63, 3.8) is 0 Å². The fourth-order valence-corrected chi connectivity index (χ4v) is 3.17. The number of hydrogen-bond donors (Lipinski definition) is 1. The summed E-state index contributed by atoms with van der Waals surface area (Å²) < 4.78 is 0. The van der Waals surface area contributed by atoms with Gasteiger partial charge in [-0.25, -0.2) is 0 Å². The lowest BCUT2D eigenvalue weighted by molar-refractivity contribution is 0.208. The third kappa shape index (κ3) is 2.61. The normalized spacial score (nSPS) is 20.4.